The Morgan fingerprint density at radius 3 is 2.93 bits per heavy atom. The second kappa shape index (κ2) is 8.18. The van der Waals surface area contributed by atoms with Crippen molar-refractivity contribution in [1.29, 1.82) is 0 Å². The average molecular weight is 230 g/mol. The summed E-state index contributed by atoms with van der Waals surface area (Å²) in [4.78, 5) is 0. The van der Waals surface area contributed by atoms with Gasteiger partial charge in [-0.15, -0.1) is 11.6 Å². The number of alkyl halides is 1. The van der Waals surface area contributed by atoms with E-state index in [1.54, 1.807) is 0 Å². The molecule has 2 atom stereocenters. The maximum Gasteiger partial charge on any atom is 0.0404 e. The summed E-state index contributed by atoms with van der Waals surface area (Å²) >= 11 is 5.54. The van der Waals surface area contributed by atoms with Gasteiger partial charge in [0.05, 0.1) is 0 Å². The second-order valence-electron chi connectivity index (χ2n) is 4.76. The van der Waals surface area contributed by atoms with Crippen LogP contribution in [0.4, 0.5) is 0 Å². The molecule has 1 saturated carbocycles. The molecular weight excluding hydrogens is 206 g/mol. The molecule has 0 aromatic carbocycles. The Kier molecular flexibility index (Phi) is 7.12. The van der Waals surface area contributed by atoms with Crippen LogP contribution in [0.25, 0.3) is 0 Å². The molecule has 88 valence electrons. The van der Waals surface area contributed by atoms with Crippen LogP contribution in [-0.2, 0) is 0 Å². The first-order chi connectivity index (χ1) is 7.33. The van der Waals surface area contributed by atoms with Crippen LogP contribution in [0.2, 0.25) is 0 Å². The van der Waals surface area contributed by atoms with Crippen LogP contribution in [-0.4, -0.2) is 19.0 Å². The van der Waals surface area contributed by atoms with E-state index in [0.29, 0.717) is 5.88 Å². The molecule has 1 aliphatic rings. The van der Waals surface area contributed by atoms with Gasteiger partial charge in [0, 0.05) is 12.4 Å². The number of allylic oxidation sites excluding steroid dienone is 1. The lowest BCUT2D eigenvalue weighted by Gasteiger charge is -2.26. The first kappa shape index (κ1) is 13.1. The molecule has 0 bridgehead atoms. The number of halogens is 1. The molecule has 1 aliphatic carbocycles. The average Bonchev–Trinajstić information content (AvgIpc) is 2.23. The summed E-state index contributed by atoms with van der Waals surface area (Å²) in [5, 5.41) is 3.44. The Labute approximate surface area is 99.3 Å². The Morgan fingerprint density at radius 1 is 1.33 bits per heavy atom. The van der Waals surface area contributed by atoms with Crippen LogP contribution in [0, 0.1) is 11.8 Å². The van der Waals surface area contributed by atoms with Crippen molar-refractivity contribution in [2.24, 2.45) is 11.8 Å². The normalized spacial score (nSPS) is 27.3. The van der Waals surface area contributed by atoms with Crippen molar-refractivity contribution in [3.63, 3.8) is 0 Å². The molecule has 0 aliphatic heterocycles. The molecule has 15 heavy (non-hydrogen) atoms. The van der Waals surface area contributed by atoms with Crippen LogP contribution in [0.1, 0.15) is 39.0 Å². The highest BCUT2D eigenvalue weighted by molar-refractivity contribution is 6.18. The lowest BCUT2D eigenvalue weighted by molar-refractivity contribution is 0.268. The van der Waals surface area contributed by atoms with Gasteiger partial charge in [0.1, 0.15) is 0 Å². The van der Waals surface area contributed by atoms with Gasteiger partial charge >= 0.3 is 0 Å². The lowest BCUT2D eigenvalue weighted by atomic mass is 9.81. The predicted molar refractivity (Wildman–Crippen MR) is 68.5 cm³/mol. The van der Waals surface area contributed by atoms with E-state index in [1.807, 2.05) is 6.08 Å². The Morgan fingerprint density at radius 2 is 2.20 bits per heavy atom. The number of hydrogen-bond donors (Lipinski definition) is 1. The molecule has 0 aromatic heterocycles. The summed E-state index contributed by atoms with van der Waals surface area (Å²) in [6, 6.07) is 0. The minimum Gasteiger partial charge on any atom is -0.313 e. The SMILES string of the molecule is CC1CCCC(CCNC/C=C/CCl)C1. The lowest BCUT2D eigenvalue weighted by Crippen LogP contribution is -2.21. The van der Waals surface area contributed by atoms with E-state index in [0.717, 1.165) is 24.9 Å². The molecule has 0 radical (unpaired) electrons. The van der Waals surface area contributed by atoms with E-state index in [9.17, 15) is 0 Å². The maximum atomic E-state index is 5.54. The molecule has 2 unspecified atom stereocenters. The van der Waals surface area contributed by atoms with Crippen molar-refractivity contribution in [3.8, 4) is 0 Å². The number of hydrogen-bond acceptors (Lipinski definition) is 1. The summed E-state index contributed by atoms with van der Waals surface area (Å²) in [6.07, 6.45) is 11.2. The van der Waals surface area contributed by atoms with Gasteiger partial charge in [-0.3, -0.25) is 0 Å². The molecule has 0 aromatic rings. The van der Waals surface area contributed by atoms with E-state index in [2.05, 4.69) is 18.3 Å². The third-order valence-electron chi connectivity index (χ3n) is 3.29. The quantitative estimate of drug-likeness (QED) is 0.417. The Bertz CT molecular complexity index is 179. The van der Waals surface area contributed by atoms with Gasteiger partial charge in [-0.05, 0) is 31.2 Å². The number of nitrogens with one attached hydrogen (secondary N) is 1. The third kappa shape index (κ3) is 6.21. The van der Waals surface area contributed by atoms with Crippen molar-refractivity contribution in [3.05, 3.63) is 12.2 Å². The third-order valence-corrected chi connectivity index (χ3v) is 3.47. The fraction of sp³-hybridized carbons (Fsp3) is 0.846. The predicted octanol–water partition coefficient (Wildman–Crippen LogP) is 3.59. The molecule has 2 heteroatoms. The van der Waals surface area contributed by atoms with E-state index in [4.69, 9.17) is 11.6 Å². The molecular formula is C13H24ClN. The Balaban J connectivity index is 1.97. The maximum absolute atomic E-state index is 5.54. The van der Waals surface area contributed by atoms with Crippen LogP contribution >= 0.6 is 11.6 Å². The van der Waals surface area contributed by atoms with Crippen molar-refractivity contribution in [2.45, 2.75) is 39.0 Å². The largest absolute Gasteiger partial charge is 0.313 e. The van der Waals surface area contributed by atoms with E-state index in [1.165, 1.54) is 32.1 Å². The summed E-state index contributed by atoms with van der Waals surface area (Å²) in [6.45, 7) is 4.52. The van der Waals surface area contributed by atoms with Gasteiger partial charge in [-0.1, -0.05) is 38.3 Å². The van der Waals surface area contributed by atoms with Gasteiger partial charge in [0.15, 0.2) is 0 Å². The molecule has 1 nitrogen and oxygen atoms in total. The highest BCUT2D eigenvalue weighted by atomic mass is 35.5. The first-order valence-electron chi connectivity index (χ1n) is 6.24. The van der Waals surface area contributed by atoms with Crippen LogP contribution in [0.5, 0.6) is 0 Å². The van der Waals surface area contributed by atoms with Gasteiger partial charge in [0.25, 0.3) is 0 Å². The summed E-state index contributed by atoms with van der Waals surface area (Å²) < 4.78 is 0. The van der Waals surface area contributed by atoms with Gasteiger partial charge < -0.3 is 5.32 Å². The zero-order chi connectivity index (χ0) is 10.9. The highest BCUT2D eigenvalue weighted by Gasteiger charge is 2.17. The van der Waals surface area contributed by atoms with Crippen LogP contribution in [0.15, 0.2) is 12.2 Å². The molecule has 1 fully saturated rings. The summed E-state index contributed by atoms with van der Waals surface area (Å²) in [5.41, 5.74) is 0. The minimum absolute atomic E-state index is 0.627. The molecule has 0 amide bonds. The molecule has 0 heterocycles. The first-order valence-corrected chi connectivity index (χ1v) is 6.78. The Hall–Kier alpha value is -0.0100. The fourth-order valence-corrected chi connectivity index (χ4v) is 2.59. The van der Waals surface area contributed by atoms with E-state index >= 15 is 0 Å². The van der Waals surface area contributed by atoms with Crippen molar-refractivity contribution < 1.29 is 0 Å². The van der Waals surface area contributed by atoms with Crippen molar-refractivity contribution in [2.75, 3.05) is 19.0 Å². The number of rotatable bonds is 6. The summed E-state index contributed by atoms with van der Waals surface area (Å²) in [7, 11) is 0. The standard InChI is InChI=1S/C13H24ClN/c1-12-5-4-6-13(11-12)7-10-15-9-3-2-8-14/h2-3,12-13,15H,4-11H2,1H3/b3-2+. The minimum atomic E-state index is 0.627. The summed E-state index contributed by atoms with van der Waals surface area (Å²) in [5.74, 6) is 2.56. The van der Waals surface area contributed by atoms with E-state index in [-0.39, 0.29) is 0 Å². The van der Waals surface area contributed by atoms with E-state index < -0.39 is 0 Å². The molecule has 1 rings (SSSR count). The van der Waals surface area contributed by atoms with Gasteiger partial charge in [0.2, 0.25) is 0 Å². The van der Waals surface area contributed by atoms with Crippen molar-refractivity contribution >= 4 is 11.6 Å². The fourth-order valence-electron chi connectivity index (χ4n) is 2.46. The monoisotopic (exact) mass is 229 g/mol. The molecule has 1 N–H and O–H groups in total. The molecule has 0 spiro atoms. The van der Waals surface area contributed by atoms with Crippen molar-refractivity contribution in [1.82, 2.24) is 5.32 Å². The topological polar surface area (TPSA) is 12.0 Å². The zero-order valence-electron chi connectivity index (χ0n) is 9.84. The van der Waals surface area contributed by atoms with Gasteiger partial charge in [-0.25, -0.2) is 0 Å². The highest BCUT2D eigenvalue weighted by Crippen LogP contribution is 2.30. The van der Waals surface area contributed by atoms with Crippen LogP contribution in [0.3, 0.4) is 0 Å². The zero-order valence-corrected chi connectivity index (χ0v) is 10.6. The second-order valence-corrected chi connectivity index (χ2v) is 5.06. The van der Waals surface area contributed by atoms with Gasteiger partial charge in [-0.2, -0.15) is 0 Å². The molecule has 0 saturated heterocycles. The van der Waals surface area contributed by atoms with Crippen LogP contribution < -0.4 is 5.32 Å². The smallest absolute Gasteiger partial charge is 0.0404 e.